The molecule has 2 N–H and O–H groups in total. The average Bonchev–Trinajstić information content (AvgIpc) is 2.95. The molecular formula is C17H15BrN4O2. The summed E-state index contributed by atoms with van der Waals surface area (Å²) in [5.41, 5.74) is 3.11. The van der Waals surface area contributed by atoms with E-state index in [1.54, 1.807) is 31.3 Å². The molecule has 3 aromatic rings. The van der Waals surface area contributed by atoms with Gasteiger partial charge < -0.3 is 15.2 Å². The molecule has 1 amide bonds. The van der Waals surface area contributed by atoms with Crippen molar-refractivity contribution in [2.75, 3.05) is 10.6 Å². The summed E-state index contributed by atoms with van der Waals surface area (Å²) in [6.07, 6.45) is 1.58. The summed E-state index contributed by atoms with van der Waals surface area (Å²) < 4.78 is 5.94. The third kappa shape index (κ3) is 3.80. The van der Waals surface area contributed by atoms with Crippen molar-refractivity contribution >= 4 is 39.0 Å². The molecule has 0 aliphatic rings. The topological polar surface area (TPSA) is 80.0 Å². The Morgan fingerprint density at radius 3 is 2.71 bits per heavy atom. The van der Waals surface area contributed by atoms with Gasteiger partial charge in [0.1, 0.15) is 11.5 Å². The maximum atomic E-state index is 12.3. The van der Waals surface area contributed by atoms with Gasteiger partial charge in [-0.15, -0.1) is 0 Å². The summed E-state index contributed by atoms with van der Waals surface area (Å²) in [6.45, 7) is 3.76. The Balaban J connectivity index is 1.77. The molecule has 0 atom stereocenters. The number of carbonyl (C=O) groups excluding carboxylic acids is 1. The maximum absolute atomic E-state index is 12.3. The van der Waals surface area contributed by atoms with Gasteiger partial charge in [-0.25, -0.2) is 0 Å². The smallest absolute Gasteiger partial charge is 0.275 e. The number of rotatable bonds is 4. The molecular weight excluding hydrogens is 372 g/mol. The van der Waals surface area contributed by atoms with Gasteiger partial charge in [-0.2, -0.15) is 0 Å². The number of pyridine rings is 1. The molecule has 0 radical (unpaired) electrons. The lowest BCUT2D eigenvalue weighted by Crippen LogP contribution is -2.14. The van der Waals surface area contributed by atoms with Crippen molar-refractivity contribution in [3.63, 3.8) is 0 Å². The van der Waals surface area contributed by atoms with E-state index in [2.05, 4.69) is 36.7 Å². The lowest BCUT2D eigenvalue weighted by atomic mass is 10.2. The van der Waals surface area contributed by atoms with Crippen LogP contribution in [0.1, 0.15) is 21.8 Å². The number of nitrogens with one attached hydrogen (secondary N) is 2. The predicted molar refractivity (Wildman–Crippen MR) is 95.6 cm³/mol. The fourth-order valence-electron chi connectivity index (χ4n) is 2.16. The molecule has 7 heteroatoms. The van der Waals surface area contributed by atoms with Crippen LogP contribution in [-0.2, 0) is 0 Å². The first kappa shape index (κ1) is 16.2. The molecule has 2 aromatic heterocycles. The molecule has 2 heterocycles. The quantitative estimate of drug-likeness (QED) is 0.692. The van der Waals surface area contributed by atoms with Gasteiger partial charge >= 0.3 is 0 Å². The molecule has 1 aromatic carbocycles. The van der Waals surface area contributed by atoms with E-state index in [9.17, 15) is 4.79 Å². The van der Waals surface area contributed by atoms with E-state index in [-0.39, 0.29) is 11.6 Å². The summed E-state index contributed by atoms with van der Waals surface area (Å²) in [5.74, 6) is 0.639. The minimum atomic E-state index is -0.348. The number of aromatic nitrogens is 2. The zero-order valence-electron chi connectivity index (χ0n) is 13.1. The van der Waals surface area contributed by atoms with Gasteiger partial charge in [0.15, 0.2) is 5.82 Å². The summed E-state index contributed by atoms with van der Waals surface area (Å²) >= 11 is 3.44. The Kier molecular flexibility index (Phi) is 4.61. The number of carbonyl (C=O) groups is 1. The molecule has 6 nitrogen and oxygen atoms in total. The minimum absolute atomic E-state index is 0.287. The Hall–Kier alpha value is -2.67. The molecule has 0 aliphatic heterocycles. The number of hydrogen-bond donors (Lipinski definition) is 2. The van der Waals surface area contributed by atoms with Crippen molar-refractivity contribution in [1.29, 1.82) is 0 Å². The average molecular weight is 387 g/mol. The summed E-state index contributed by atoms with van der Waals surface area (Å²) in [6, 6.07) is 11.1. The second-order valence-corrected chi connectivity index (χ2v) is 6.21. The van der Waals surface area contributed by atoms with E-state index in [1.807, 2.05) is 25.1 Å². The van der Waals surface area contributed by atoms with Crippen LogP contribution in [0.25, 0.3) is 0 Å². The van der Waals surface area contributed by atoms with Crippen molar-refractivity contribution < 1.29 is 9.32 Å². The van der Waals surface area contributed by atoms with Crippen LogP contribution in [0.5, 0.6) is 0 Å². The van der Waals surface area contributed by atoms with Crippen LogP contribution in [0.4, 0.5) is 17.2 Å². The molecule has 24 heavy (non-hydrogen) atoms. The second kappa shape index (κ2) is 6.84. The number of nitrogens with zero attached hydrogens (tertiary/aromatic N) is 2. The molecule has 0 saturated heterocycles. The number of hydrogen-bond acceptors (Lipinski definition) is 5. The molecule has 3 rings (SSSR count). The molecule has 0 unspecified atom stereocenters. The maximum Gasteiger partial charge on any atom is 0.275 e. The lowest BCUT2D eigenvalue weighted by Gasteiger charge is -2.10. The fraction of sp³-hybridized carbons (Fsp3) is 0.118. The van der Waals surface area contributed by atoms with Gasteiger partial charge in [0.25, 0.3) is 5.91 Å². The molecule has 0 spiro atoms. The van der Waals surface area contributed by atoms with Crippen LogP contribution >= 0.6 is 15.9 Å². The lowest BCUT2D eigenvalue weighted by molar-refractivity contribution is 0.102. The van der Waals surface area contributed by atoms with Crippen molar-refractivity contribution in [2.24, 2.45) is 0 Å². The van der Waals surface area contributed by atoms with Crippen LogP contribution in [-0.4, -0.2) is 16.0 Å². The fourth-order valence-corrected chi connectivity index (χ4v) is 2.64. The predicted octanol–water partition coefficient (Wildman–Crippen LogP) is 4.44. The molecule has 0 saturated carbocycles. The Morgan fingerprint density at radius 2 is 2.00 bits per heavy atom. The van der Waals surface area contributed by atoms with E-state index in [0.29, 0.717) is 11.6 Å². The number of halogens is 1. The van der Waals surface area contributed by atoms with E-state index < -0.39 is 0 Å². The molecule has 0 fully saturated rings. The van der Waals surface area contributed by atoms with Crippen LogP contribution in [0, 0.1) is 13.8 Å². The first-order valence-electron chi connectivity index (χ1n) is 7.25. The van der Waals surface area contributed by atoms with Gasteiger partial charge in [0.2, 0.25) is 0 Å². The standard InChI is InChI=1S/C17H15BrN4O2/c1-10-7-12(18)3-4-14(10)20-13-5-6-19-15(9-13)17(23)21-16-8-11(2)24-22-16/h3-9H,1-2H3,(H,19,20)(H,21,22,23). The zero-order valence-corrected chi connectivity index (χ0v) is 14.7. The van der Waals surface area contributed by atoms with Crippen molar-refractivity contribution in [2.45, 2.75) is 13.8 Å². The Bertz CT molecular complexity index is 892. The zero-order chi connectivity index (χ0) is 17.1. The highest BCUT2D eigenvalue weighted by Gasteiger charge is 2.11. The van der Waals surface area contributed by atoms with Gasteiger partial charge in [-0.05, 0) is 49.7 Å². The van der Waals surface area contributed by atoms with Crippen molar-refractivity contribution in [1.82, 2.24) is 10.1 Å². The van der Waals surface area contributed by atoms with E-state index in [0.717, 1.165) is 21.4 Å². The molecule has 122 valence electrons. The van der Waals surface area contributed by atoms with Crippen LogP contribution in [0.3, 0.4) is 0 Å². The number of amides is 1. The first-order valence-corrected chi connectivity index (χ1v) is 8.04. The SMILES string of the molecule is Cc1cc(NC(=O)c2cc(Nc3ccc(Br)cc3C)ccn2)no1. The summed E-state index contributed by atoms with van der Waals surface area (Å²) in [5, 5.41) is 9.67. The van der Waals surface area contributed by atoms with Gasteiger partial charge in [-0.3, -0.25) is 9.78 Å². The molecule has 0 aliphatic carbocycles. The minimum Gasteiger partial charge on any atom is -0.360 e. The van der Waals surface area contributed by atoms with Crippen molar-refractivity contribution in [3.05, 3.63) is 64.1 Å². The van der Waals surface area contributed by atoms with Crippen molar-refractivity contribution in [3.8, 4) is 0 Å². The van der Waals surface area contributed by atoms with E-state index in [4.69, 9.17) is 4.52 Å². The third-order valence-corrected chi connectivity index (χ3v) is 3.82. The van der Waals surface area contributed by atoms with E-state index >= 15 is 0 Å². The summed E-state index contributed by atoms with van der Waals surface area (Å²) in [4.78, 5) is 16.4. The third-order valence-electron chi connectivity index (χ3n) is 3.33. The van der Waals surface area contributed by atoms with Crippen LogP contribution < -0.4 is 10.6 Å². The first-order chi connectivity index (χ1) is 11.5. The van der Waals surface area contributed by atoms with Gasteiger partial charge in [0, 0.05) is 28.1 Å². The number of benzene rings is 1. The highest BCUT2D eigenvalue weighted by Crippen LogP contribution is 2.24. The van der Waals surface area contributed by atoms with Gasteiger partial charge in [-0.1, -0.05) is 21.1 Å². The highest BCUT2D eigenvalue weighted by atomic mass is 79.9. The number of anilines is 3. The number of aryl methyl sites for hydroxylation is 2. The Morgan fingerprint density at radius 1 is 1.17 bits per heavy atom. The monoisotopic (exact) mass is 386 g/mol. The molecule has 0 bridgehead atoms. The second-order valence-electron chi connectivity index (χ2n) is 5.29. The highest BCUT2D eigenvalue weighted by molar-refractivity contribution is 9.10. The normalized spacial score (nSPS) is 10.5. The Labute approximate surface area is 147 Å². The van der Waals surface area contributed by atoms with Crippen LogP contribution in [0.2, 0.25) is 0 Å². The van der Waals surface area contributed by atoms with E-state index in [1.165, 1.54) is 0 Å². The van der Waals surface area contributed by atoms with Crippen LogP contribution in [0.15, 0.2) is 51.6 Å². The largest absolute Gasteiger partial charge is 0.360 e. The van der Waals surface area contributed by atoms with Gasteiger partial charge in [0.05, 0.1) is 0 Å². The summed E-state index contributed by atoms with van der Waals surface area (Å²) in [7, 11) is 0.